The zero-order chi connectivity index (χ0) is 17.9. The molecule has 0 radical (unpaired) electrons. The van der Waals surface area contributed by atoms with Crippen LogP contribution in [0.25, 0.3) is 0 Å². The third-order valence-corrected chi connectivity index (χ3v) is 4.44. The number of rotatable bonds is 4. The number of carbonyl (C=O) groups excluding carboxylic acids is 1. The molecule has 2 aromatic rings. The molecule has 0 heterocycles. The van der Waals surface area contributed by atoms with Gasteiger partial charge in [0.1, 0.15) is 5.75 Å². The van der Waals surface area contributed by atoms with Crippen LogP contribution >= 0.6 is 23.2 Å². The Morgan fingerprint density at radius 1 is 1.08 bits per heavy atom. The van der Waals surface area contributed by atoms with Gasteiger partial charge in [-0.15, -0.1) is 0 Å². The molecule has 0 atom stereocenters. The number of amides is 1. The minimum Gasteiger partial charge on any atom is -0.484 e. The standard InChI is InChI=1S/C19H21Cl2NO2/c1-12-5-10-15(20)18(17(12)21)22-16(23)11-24-14-8-6-13(7-9-14)19(2,3)4/h5-10H,11H2,1-4H3,(H,22,23). The van der Waals surface area contributed by atoms with E-state index in [2.05, 4.69) is 26.1 Å². The Bertz CT molecular complexity index is 734. The average molecular weight is 366 g/mol. The molecule has 0 aliphatic carbocycles. The molecule has 0 spiro atoms. The fraction of sp³-hybridized carbons (Fsp3) is 0.316. The van der Waals surface area contributed by atoms with E-state index >= 15 is 0 Å². The Kier molecular flexibility index (Phi) is 5.79. The average Bonchev–Trinajstić information content (AvgIpc) is 2.53. The topological polar surface area (TPSA) is 38.3 Å². The van der Waals surface area contributed by atoms with Gasteiger partial charge in [-0.25, -0.2) is 0 Å². The van der Waals surface area contributed by atoms with Crippen LogP contribution in [0.1, 0.15) is 31.9 Å². The monoisotopic (exact) mass is 365 g/mol. The predicted molar refractivity (Wildman–Crippen MR) is 100 cm³/mol. The first kappa shape index (κ1) is 18.6. The lowest BCUT2D eigenvalue weighted by Gasteiger charge is -2.19. The number of ether oxygens (including phenoxy) is 1. The van der Waals surface area contributed by atoms with Crippen molar-refractivity contribution >= 4 is 34.8 Å². The van der Waals surface area contributed by atoms with Crippen molar-refractivity contribution in [3.8, 4) is 5.75 Å². The number of hydrogen-bond acceptors (Lipinski definition) is 2. The molecule has 0 aliphatic rings. The fourth-order valence-corrected chi connectivity index (χ4v) is 2.61. The summed E-state index contributed by atoms with van der Waals surface area (Å²) in [5.74, 6) is 0.323. The van der Waals surface area contributed by atoms with E-state index in [-0.39, 0.29) is 17.9 Å². The zero-order valence-corrected chi connectivity index (χ0v) is 15.8. The summed E-state index contributed by atoms with van der Waals surface area (Å²) in [6, 6.07) is 11.2. The quantitative estimate of drug-likeness (QED) is 0.763. The van der Waals surface area contributed by atoms with Crippen LogP contribution in [-0.2, 0) is 10.2 Å². The molecule has 0 saturated carbocycles. The first-order chi connectivity index (χ1) is 11.2. The second kappa shape index (κ2) is 7.45. The van der Waals surface area contributed by atoms with Crippen molar-refractivity contribution in [2.75, 3.05) is 11.9 Å². The smallest absolute Gasteiger partial charge is 0.262 e. The minimum absolute atomic E-state index is 0.0779. The van der Waals surface area contributed by atoms with Crippen LogP contribution in [0, 0.1) is 6.92 Å². The van der Waals surface area contributed by atoms with E-state index in [0.717, 1.165) is 5.56 Å². The van der Waals surface area contributed by atoms with Crippen molar-refractivity contribution in [1.29, 1.82) is 0 Å². The van der Waals surface area contributed by atoms with Crippen LogP contribution < -0.4 is 10.1 Å². The molecule has 1 N–H and O–H groups in total. The number of carbonyl (C=O) groups is 1. The maximum atomic E-state index is 12.1. The van der Waals surface area contributed by atoms with Crippen molar-refractivity contribution in [2.45, 2.75) is 33.1 Å². The van der Waals surface area contributed by atoms with Crippen LogP contribution in [-0.4, -0.2) is 12.5 Å². The largest absolute Gasteiger partial charge is 0.484 e. The molecule has 24 heavy (non-hydrogen) atoms. The molecule has 2 aromatic carbocycles. The van der Waals surface area contributed by atoms with Crippen LogP contribution in [0.5, 0.6) is 5.75 Å². The van der Waals surface area contributed by atoms with Gasteiger partial charge in [-0.3, -0.25) is 4.79 Å². The SMILES string of the molecule is Cc1ccc(Cl)c(NC(=O)COc2ccc(C(C)(C)C)cc2)c1Cl. The summed E-state index contributed by atoms with van der Waals surface area (Å²) in [6.07, 6.45) is 0. The van der Waals surface area contributed by atoms with Gasteiger partial charge in [-0.2, -0.15) is 0 Å². The number of anilines is 1. The number of halogens is 2. The van der Waals surface area contributed by atoms with Gasteiger partial charge < -0.3 is 10.1 Å². The summed E-state index contributed by atoms with van der Waals surface area (Å²) in [5.41, 5.74) is 2.54. The maximum absolute atomic E-state index is 12.1. The molecule has 5 heteroatoms. The van der Waals surface area contributed by atoms with Gasteiger partial charge >= 0.3 is 0 Å². The molecule has 0 bridgehead atoms. The van der Waals surface area contributed by atoms with Gasteiger partial charge in [-0.05, 0) is 41.7 Å². The highest BCUT2D eigenvalue weighted by atomic mass is 35.5. The van der Waals surface area contributed by atoms with Crippen LogP contribution in [0.15, 0.2) is 36.4 Å². The highest BCUT2D eigenvalue weighted by molar-refractivity contribution is 6.40. The van der Waals surface area contributed by atoms with E-state index in [1.165, 1.54) is 5.56 Å². The summed E-state index contributed by atoms with van der Waals surface area (Å²) in [5, 5.41) is 3.53. The van der Waals surface area contributed by atoms with Crippen LogP contribution in [0.3, 0.4) is 0 Å². The Hall–Kier alpha value is -1.71. The van der Waals surface area contributed by atoms with Gasteiger partial charge in [0.25, 0.3) is 5.91 Å². The summed E-state index contributed by atoms with van der Waals surface area (Å²) in [7, 11) is 0. The molecule has 0 fully saturated rings. The molecule has 0 aromatic heterocycles. The van der Waals surface area contributed by atoms with Crippen LogP contribution in [0.4, 0.5) is 5.69 Å². The van der Waals surface area contributed by atoms with Gasteiger partial charge in [0.15, 0.2) is 6.61 Å². The predicted octanol–water partition coefficient (Wildman–Crippen LogP) is 5.62. The van der Waals surface area contributed by atoms with Crippen LogP contribution in [0.2, 0.25) is 10.0 Å². The maximum Gasteiger partial charge on any atom is 0.262 e. The first-order valence-corrected chi connectivity index (χ1v) is 8.42. The van der Waals surface area contributed by atoms with Crippen molar-refractivity contribution in [3.63, 3.8) is 0 Å². The van der Waals surface area contributed by atoms with E-state index < -0.39 is 0 Å². The normalized spacial score (nSPS) is 11.2. The fourth-order valence-electron chi connectivity index (χ4n) is 2.15. The highest BCUT2D eigenvalue weighted by Gasteiger charge is 2.14. The molecular weight excluding hydrogens is 345 g/mol. The molecule has 128 valence electrons. The van der Waals surface area contributed by atoms with Crippen molar-refractivity contribution < 1.29 is 9.53 Å². The molecule has 0 aliphatic heterocycles. The Balaban J connectivity index is 1.98. The highest BCUT2D eigenvalue weighted by Crippen LogP contribution is 2.32. The third-order valence-electron chi connectivity index (χ3n) is 3.64. The van der Waals surface area contributed by atoms with Gasteiger partial charge in [0, 0.05) is 0 Å². The number of benzene rings is 2. The number of aryl methyl sites for hydroxylation is 1. The lowest BCUT2D eigenvalue weighted by atomic mass is 9.87. The van der Waals surface area contributed by atoms with E-state index in [1.54, 1.807) is 12.1 Å². The summed E-state index contributed by atoms with van der Waals surface area (Å²) < 4.78 is 5.52. The molecule has 0 saturated heterocycles. The molecular formula is C19H21Cl2NO2. The first-order valence-electron chi connectivity index (χ1n) is 7.66. The van der Waals surface area contributed by atoms with E-state index in [4.69, 9.17) is 27.9 Å². The van der Waals surface area contributed by atoms with E-state index in [1.807, 2.05) is 31.2 Å². The summed E-state index contributed by atoms with van der Waals surface area (Å²) in [4.78, 5) is 12.1. The van der Waals surface area contributed by atoms with E-state index in [9.17, 15) is 4.79 Å². The lowest BCUT2D eigenvalue weighted by molar-refractivity contribution is -0.118. The summed E-state index contributed by atoms with van der Waals surface area (Å²) in [6.45, 7) is 8.17. The molecule has 3 nitrogen and oxygen atoms in total. The van der Waals surface area contributed by atoms with Gasteiger partial charge in [-0.1, -0.05) is 62.2 Å². The van der Waals surface area contributed by atoms with E-state index in [0.29, 0.717) is 21.5 Å². The van der Waals surface area contributed by atoms with Gasteiger partial charge in [0.2, 0.25) is 0 Å². The van der Waals surface area contributed by atoms with Crippen molar-refractivity contribution in [3.05, 3.63) is 57.6 Å². The van der Waals surface area contributed by atoms with Crippen molar-refractivity contribution in [1.82, 2.24) is 0 Å². The molecule has 2 rings (SSSR count). The van der Waals surface area contributed by atoms with Gasteiger partial charge in [0.05, 0.1) is 15.7 Å². The Morgan fingerprint density at radius 2 is 1.71 bits per heavy atom. The minimum atomic E-state index is -0.315. The number of nitrogens with one attached hydrogen (secondary N) is 1. The molecule has 1 amide bonds. The van der Waals surface area contributed by atoms with Crippen molar-refractivity contribution in [2.24, 2.45) is 0 Å². The third kappa shape index (κ3) is 4.65. The molecule has 0 unspecified atom stereocenters. The lowest BCUT2D eigenvalue weighted by Crippen LogP contribution is -2.20. The Labute approximate surface area is 152 Å². The Morgan fingerprint density at radius 3 is 2.29 bits per heavy atom. The second-order valence-electron chi connectivity index (χ2n) is 6.66. The zero-order valence-electron chi connectivity index (χ0n) is 14.2. The number of hydrogen-bond donors (Lipinski definition) is 1. The summed E-state index contributed by atoms with van der Waals surface area (Å²) >= 11 is 12.3. The second-order valence-corrected chi connectivity index (χ2v) is 7.45.